The highest BCUT2D eigenvalue weighted by molar-refractivity contribution is 5.94. The number of nitrogens with one attached hydrogen (secondary N) is 1. The van der Waals surface area contributed by atoms with Gasteiger partial charge in [-0.3, -0.25) is 14.6 Å². The molecule has 0 fully saturated rings. The molecule has 0 bridgehead atoms. The van der Waals surface area contributed by atoms with Crippen molar-refractivity contribution in [1.29, 1.82) is 0 Å². The van der Waals surface area contributed by atoms with E-state index in [1.54, 1.807) is 42.6 Å². The van der Waals surface area contributed by atoms with E-state index in [1.165, 1.54) is 13.1 Å². The van der Waals surface area contributed by atoms with E-state index < -0.39 is 0 Å². The fourth-order valence-corrected chi connectivity index (χ4v) is 1.42. The number of ketones is 1. The van der Waals surface area contributed by atoms with Crippen LogP contribution in [0, 0.1) is 0 Å². The highest BCUT2D eigenvalue weighted by Gasteiger charge is 2.06. The van der Waals surface area contributed by atoms with Crippen LogP contribution in [0.3, 0.4) is 0 Å². The monoisotopic (exact) mass is 256 g/mol. The molecule has 2 rings (SSSR count). The number of hydrogen-bond acceptors (Lipinski definition) is 4. The Morgan fingerprint density at radius 2 is 1.84 bits per heavy atom. The molecule has 0 unspecified atom stereocenters. The van der Waals surface area contributed by atoms with E-state index in [0.717, 1.165) is 0 Å². The molecule has 1 heterocycles. The zero-order valence-corrected chi connectivity index (χ0v) is 10.3. The van der Waals surface area contributed by atoms with Gasteiger partial charge in [-0.15, -0.1) is 0 Å². The number of hydrogen-bond donors (Lipinski definition) is 1. The predicted octanol–water partition coefficient (Wildman–Crippen LogP) is 2.01. The summed E-state index contributed by atoms with van der Waals surface area (Å²) in [5, 5.41) is 0. The van der Waals surface area contributed by atoms with Gasteiger partial charge in [0.15, 0.2) is 11.5 Å². The third kappa shape index (κ3) is 3.38. The van der Waals surface area contributed by atoms with Crippen LogP contribution in [-0.4, -0.2) is 16.7 Å². The van der Waals surface area contributed by atoms with Gasteiger partial charge in [0.25, 0.3) is 5.91 Å². The third-order valence-electron chi connectivity index (χ3n) is 2.45. The summed E-state index contributed by atoms with van der Waals surface area (Å²) in [4.78, 5) is 31.7. The zero-order chi connectivity index (χ0) is 13.7. The summed E-state index contributed by atoms with van der Waals surface area (Å²) >= 11 is 0. The van der Waals surface area contributed by atoms with Gasteiger partial charge in [-0.1, -0.05) is 0 Å². The molecule has 1 amide bonds. The highest BCUT2D eigenvalue weighted by Crippen LogP contribution is 2.11. The number of nitrogens with zero attached hydrogens (tertiary/aromatic N) is 1. The summed E-state index contributed by atoms with van der Waals surface area (Å²) in [6, 6.07) is 9.78. The maximum absolute atomic E-state index is 11.7. The number of Topliss-reactive ketones (excluding diaryl/α,β-unsaturated/α-hetero) is 1. The molecule has 0 aliphatic carbocycles. The van der Waals surface area contributed by atoms with Gasteiger partial charge in [-0.2, -0.15) is 5.48 Å². The van der Waals surface area contributed by atoms with Crippen molar-refractivity contribution in [1.82, 2.24) is 10.5 Å². The largest absolute Gasteiger partial charge is 0.379 e. The second-order valence-corrected chi connectivity index (χ2v) is 3.86. The lowest BCUT2D eigenvalue weighted by Gasteiger charge is -2.07. The standard InChI is InChI=1S/C14H12N2O3/c1-10(17)11-4-6-13(7-5-11)19-16-14(18)12-3-2-8-15-9-12/h2-9H,1H3,(H,16,18). The van der Waals surface area contributed by atoms with Crippen molar-refractivity contribution in [3.63, 3.8) is 0 Å². The number of carbonyl (C=O) groups excluding carboxylic acids is 2. The Bertz CT molecular complexity index is 579. The lowest BCUT2D eigenvalue weighted by atomic mass is 10.1. The van der Waals surface area contributed by atoms with Crippen molar-refractivity contribution in [2.24, 2.45) is 0 Å². The molecule has 0 aliphatic rings. The molecule has 5 nitrogen and oxygen atoms in total. The van der Waals surface area contributed by atoms with E-state index in [0.29, 0.717) is 16.9 Å². The molecule has 1 aromatic heterocycles. The molecular formula is C14H12N2O3. The number of aromatic nitrogens is 1. The fourth-order valence-electron chi connectivity index (χ4n) is 1.42. The molecule has 1 aromatic carbocycles. The summed E-state index contributed by atoms with van der Waals surface area (Å²) in [6.07, 6.45) is 3.02. The van der Waals surface area contributed by atoms with Crippen LogP contribution >= 0.6 is 0 Å². The van der Waals surface area contributed by atoms with Gasteiger partial charge in [-0.25, -0.2) is 0 Å². The van der Waals surface area contributed by atoms with Crippen molar-refractivity contribution in [3.8, 4) is 5.75 Å². The Balaban J connectivity index is 1.95. The Labute approximate surface area is 110 Å². The Hall–Kier alpha value is -2.69. The van der Waals surface area contributed by atoms with Crippen molar-refractivity contribution >= 4 is 11.7 Å². The van der Waals surface area contributed by atoms with E-state index in [1.807, 2.05) is 0 Å². The Morgan fingerprint density at radius 1 is 1.11 bits per heavy atom. The highest BCUT2D eigenvalue weighted by atomic mass is 16.7. The second kappa shape index (κ2) is 5.77. The normalized spacial score (nSPS) is 9.74. The van der Waals surface area contributed by atoms with Crippen molar-refractivity contribution in [2.75, 3.05) is 0 Å². The van der Waals surface area contributed by atoms with E-state index in [4.69, 9.17) is 4.84 Å². The topological polar surface area (TPSA) is 68.3 Å². The van der Waals surface area contributed by atoms with Crippen LogP contribution in [0.1, 0.15) is 27.6 Å². The molecule has 0 aliphatic heterocycles. The summed E-state index contributed by atoms with van der Waals surface area (Å²) in [7, 11) is 0. The molecule has 19 heavy (non-hydrogen) atoms. The van der Waals surface area contributed by atoms with Crippen LogP contribution in [0.4, 0.5) is 0 Å². The second-order valence-electron chi connectivity index (χ2n) is 3.86. The summed E-state index contributed by atoms with van der Waals surface area (Å²) < 4.78 is 0. The van der Waals surface area contributed by atoms with E-state index in [9.17, 15) is 9.59 Å². The van der Waals surface area contributed by atoms with E-state index in [2.05, 4.69) is 10.5 Å². The van der Waals surface area contributed by atoms with Crippen LogP contribution in [0.5, 0.6) is 5.75 Å². The fraction of sp³-hybridized carbons (Fsp3) is 0.0714. The van der Waals surface area contributed by atoms with Crippen molar-refractivity contribution in [2.45, 2.75) is 6.92 Å². The smallest absolute Gasteiger partial charge is 0.285 e. The first-order valence-electron chi connectivity index (χ1n) is 5.65. The number of benzene rings is 1. The number of rotatable bonds is 4. The van der Waals surface area contributed by atoms with Gasteiger partial charge in [0.2, 0.25) is 0 Å². The Kier molecular flexibility index (Phi) is 3.87. The molecule has 0 spiro atoms. The average molecular weight is 256 g/mol. The van der Waals surface area contributed by atoms with E-state index >= 15 is 0 Å². The summed E-state index contributed by atoms with van der Waals surface area (Å²) in [6.45, 7) is 1.49. The number of carbonyl (C=O) groups is 2. The Morgan fingerprint density at radius 3 is 2.42 bits per heavy atom. The number of amides is 1. The number of pyridine rings is 1. The molecule has 0 saturated heterocycles. The van der Waals surface area contributed by atoms with Crippen molar-refractivity contribution < 1.29 is 14.4 Å². The van der Waals surface area contributed by atoms with Gasteiger partial charge in [0, 0.05) is 18.0 Å². The number of hydroxylamine groups is 1. The summed E-state index contributed by atoms with van der Waals surface area (Å²) in [5.41, 5.74) is 3.29. The molecule has 1 N–H and O–H groups in total. The lowest BCUT2D eigenvalue weighted by molar-refractivity contribution is 0.0759. The molecule has 0 radical (unpaired) electrons. The first kappa shape index (κ1) is 12.8. The molecule has 96 valence electrons. The average Bonchev–Trinajstić information content (AvgIpc) is 2.46. The van der Waals surface area contributed by atoms with Gasteiger partial charge < -0.3 is 4.84 Å². The van der Waals surface area contributed by atoms with Crippen molar-refractivity contribution in [3.05, 3.63) is 59.9 Å². The van der Waals surface area contributed by atoms with Gasteiger partial charge in [-0.05, 0) is 43.3 Å². The minimum atomic E-state index is -0.385. The minimum Gasteiger partial charge on any atom is -0.379 e. The molecular weight excluding hydrogens is 244 g/mol. The first-order chi connectivity index (χ1) is 9.16. The SMILES string of the molecule is CC(=O)c1ccc(ONC(=O)c2cccnc2)cc1. The van der Waals surface area contributed by atoms with Crippen LogP contribution in [0.2, 0.25) is 0 Å². The quantitative estimate of drug-likeness (QED) is 0.671. The maximum Gasteiger partial charge on any atom is 0.285 e. The van der Waals surface area contributed by atoms with Crippen LogP contribution in [0.15, 0.2) is 48.8 Å². The molecule has 2 aromatic rings. The minimum absolute atomic E-state index is 0.0223. The van der Waals surface area contributed by atoms with Gasteiger partial charge in [0.05, 0.1) is 5.56 Å². The first-order valence-corrected chi connectivity index (χ1v) is 5.65. The predicted molar refractivity (Wildman–Crippen MR) is 68.8 cm³/mol. The van der Waals surface area contributed by atoms with Crippen LogP contribution in [-0.2, 0) is 0 Å². The summed E-state index contributed by atoms with van der Waals surface area (Å²) in [5.74, 6) is 0.0388. The van der Waals surface area contributed by atoms with E-state index in [-0.39, 0.29) is 11.7 Å². The zero-order valence-electron chi connectivity index (χ0n) is 10.3. The third-order valence-corrected chi connectivity index (χ3v) is 2.45. The van der Waals surface area contributed by atoms with Gasteiger partial charge in [0.1, 0.15) is 0 Å². The maximum atomic E-state index is 11.7. The molecule has 0 atom stereocenters. The lowest BCUT2D eigenvalue weighted by Crippen LogP contribution is -2.26. The molecule has 5 heteroatoms. The van der Waals surface area contributed by atoms with Gasteiger partial charge >= 0.3 is 0 Å². The molecule has 0 saturated carbocycles. The van der Waals surface area contributed by atoms with Crippen LogP contribution in [0.25, 0.3) is 0 Å². The van der Waals surface area contributed by atoms with Crippen LogP contribution < -0.4 is 10.3 Å².